The quantitative estimate of drug-likeness (QED) is 0.273. The molecule has 1 atom stereocenters. The van der Waals surface area contributed by atoms with Crippen LogP contribution in [0.25, 0.3) is 11.1 Å². The zero-order chi connectivity index (χ0) is 23.2. The highest BCUT2D eigenvalue weighted by Crippen LogP contribution is 2.31. The molecule has 8 nitrogen and oxygen atoms in total. The number of nitrogens with zero attached hydrogens (tertiary/aromatic N) is 3. The van der Waals surface area contributed by atoms with Gasteiger partial charge in [-0.3, -0.25) is 19.7 Å². The van der Waals surface area contributed by atoms with E-state index < -0.39 is 4.92 Å². The monoisotopic (exact) mass is 445 g/mol. The molecule has 4 aromatic rings. The molecular formula is C25H23N3O5. The molecule has 0 bridgehead atoms. The van der Waals surface area contributed by atoms with Crippen LogP contribution in [-0.2, 0) is 6.42 Å². The largest absolute Gasteiger partial charge is 0.494 e. The van der Waals surface area contributed by atoms with E-state index in [4.69, 9.17) is 4.74 Å². The number of aromatic nitrogens is 2. The number of pyridine rings is 1. The Morgan fingerprint density at radius 1 is 0.939 bits per heavy atom. The molecule has 168 valence electrons. The molecule has 0 aliphatic carbocycles. The number of non-ortho nitro benzene ring substituents is 1. The minimum Gasteiger partial charge on any atom is -0.494 e. The summed E-state index contributed by atoms with van der Waals surface area (Å²) >= 11 is 0. The summed E-state index contributed by atoms with van der Waals surface area (Å²) in [5, 5.41) is 31.4. The van der Waals surface area contributed by atoms with Crippen LogP contribution in [0.5, 0.6) is 17.5 Å². The zero-order valence-electron chi connectivity index (χ0n) is 17.7. The molecule has 2 aromatic heterocycles. The summed E-state index contributed by atoms with van der Waals surface area (Å²) in [5.74, 6) is 0.554. The maximum atomic E-state index is 11.0. The number of nitro groups is 1. The van der Waals surface area contributed by atoms with Gasteiger partial charge in [0.05, 0.1) is 11.0 Å². The average Bonchev–Trinajstić information content (AvgIpc) is 3.18. The highest BCUT2D eigenvalue weighted by Gasteiger charge is 2.19. The first kappa shape index (κ1) is 21.9. The molecule has 0 spiro atoms. The van der Waals surface area contributed by atoms with E-state index in [1.807, 2.05) is 30.3 Å². The Kier molecular flexibility index (Phi) is 6.54. The second-order valence-corrected chi connectivity index (χ2v) is 7.61. The van der Waals surface area contributed by atoms with Crippen molar-refractivity contribution in [2.75, 3.05) is 6.61 Å². The molecule has 0 aliphatic rings. The van der Waals surface area contributed by atoms with Gasteiger partial charge in [-0.1, -0.05) is 24.3 Å². The van der Waals surface area contributed by atoms with Gasteiger partial charge in [0.2, 0.25) is 0 Å². The molecule has 0 fully saturated rings. The third-order valence-electron chi connectivity index (χ3n) is 5.44. The first-order chi connectivity index (χ1) is 16.0. The molecule has 0 saturated carbocycles. The van der Waals surface area contributed by atoms with E-state index >= 15 is 0 Å². The molecule has 1 unspecified atom stereocenters. The summed E-state index contributed by atoms with van der Waals surface area (Å²) in [6.45, 7) is 0.233. The highest BCUT2D eigenvalue weighted by atomic mass is 16.6. The predicted octanol–water partition coefficient (Wildman–Crippen LogP) is 5.12. The van der Waals surface area contributed by atoms with Crippen molar-refractivity contribution >= 4 is 5.69 Å². The lowest BCUT2D eigenvalue weighted by Crippen LogP contribution is -2.18. The van der Waals surface area contributed by atoms with Gasteiger partial charge in [0.1, 0.15) is 12.4 Å². The van der Waals surface area contributed by atoms with Gasteiger partial charge < -0.3 is 14.9 Å². The summed E-state index contributed by atoms with van der Waals surface area (Å²) in [6, 6.07) is 20.2. The third-order valence-corrected chi connectivity index (χ3v) is 5.44. The molecule has 2 N–H and O–H groups in total. The van der Waals surface area contributed by atoms with E-state index in [0.717, 1.165) is 23.1 Å². The summed E-state index contributed by atoms with van der Waals surface area (Å²) < 4.78 is 7.44. The van der Waals surface area contributed by atoms with Crippen molar-refractivity contribution in [3.8, 4) is 28.6 Å². The van der Waals surface area contributed by atoms with Gasteiger partial charge in [-0.05, 0) is 53.8 Å². The number of hydrogen-bond donors (Lipinski definition) is 2. The Hall–Kier alpha value is -4.33. The molecule has 0 saturated heterocycles. The number of aryl methyl sites for hydroxylation is 1. The minimum atomic E-state index is -0.418. The SMILES string of the molecule is O=[N+]([O-])c1cccc(-c2ccc(OCC(CCc3ccncc3)n3c(O)ccc3O)cc2)c1. The fraction of sp³-hybridized carbons (Fsp3) is 0.160. The van der Waals surface area contributed by atoms with Crippen molar-refractivity contribution in [2.24, 2.45) is 0 Å². The molecule has 0 aliphatic heterocycles. The Labute approximate surface area is 190 Å². The summed E-state index contributed by atoms with van der Waals surface area (Å²) in [5.41, 5.74) is 2.72. The number of ether oxygens (including phenoxy) is 1. The maximum Gasteiger partial charge on any atom is 0.270 e. The lowest BCUT2D eigenvalue weighted by molar-refractivity contribution is -0.384. The van der Waals surface area contributed by atoms with Crippen molar-refractivity contribution in [2.45, 2.75) is 18.9 Å². The average molecular weight is 445 g/mol. The van der Waals surface area contributed by atoms with Gasteiger partial charge >= 0.3 is 0 Å². The van der Waals surface area contributed by atoms with Crippen LogP contribution < -0.4 is 4.74 Å². The van der Waals surface area contributed by atoms with E-state index in [2.05, 4.69) is 4.98 Å². The second-order valence-electron chi connectivity index (χ2n) is 7.61. The summed E-state index contributed by atoms with van der Waals surface area (Å²) in [7, 11) is 0. The normalized spacial score (nSPS) is 11.8. The standard InChI is InChI=1S/C25H23N3O5/c29-24-10-11-25(30)27(24)22(7-4-18-12-14-26-15-13-18)17-33-23-8-5-19(6-9-23)20-2-1-3-21(16-20)28(31)32/h1-3,5-6,8-16,22,29-30H,4,7,17H2. The van der Waals surface area contributed by atoms with E-state index in [1.54, 1.807) is 30.6 Å². The van der Waals surface area contributed by atoms with Gasteiger partial charge in [-0.25, -0.2) is 0 Å². The van der Waals surface area contributed by atoms with Crippen molar-refractivity contribution < 1.29 is 19.9 Å². The topological polar surface area (TPSA) is 111 Å². The highest BCUT2D eigenvalue weighted by molar-refractivity contribution is 5.66. The van der Waals surface area contributed by atoms with Crippen molar-refractivity contribution in [1.82, 2.24) is 9.55 Å². The van der Waals surface area contributed by atoms with Crippen LogP contribution >= 0.6 is 0 Å². The minimum absolute atomic E-state index is 0.0307. The number of nitro benzene ring substituents is 1. The van der Waals surface area contributed by atoms with E-state index in [1.165, 1.54) is 28.8 Å². The number of rotatable bonds is 9. The van der Waals surface area contributed by atoms with Crippen molar-refractivity contribution in [3.05, 3.63) is 101 Å². The van der Waals surface area contributed by atoms with Gasteiger partial charge in [-0.2, -0.15) is 0 Å². The van der Waals surface area contributed by atoms with Crippen molar-refractivity contribution in [3.63, 3.8) is 0 Å². The van der Waals surface area contributed by atoms with Gasteiger partial charge in [-0.15, -0.1) is 0 Å². The summed E-state index contributed by atoms with van der Waals surface area (Å²) in [6.07, 6.45) is 4.81. The van der Waals surface area contributed by atoms with Crippen LogP contribution in [0.4, 0.5) is 5.69 Å². The van der Waals surface area contributed by atoms with Crippen LogP contribution in [0.2, 0.25) is 0 Å². The molecule has 2 heterocycles. The number of aromatic hydroxyl groups is 2. The van der Waals surface area contributed by atoms with Crippen molar-refractivity contribution in [1.29, 1.82) is 0 Å². The molecule has 4 rings (SSSR count). The van der Waals surface area contributed by atoms with Crippen LogP contribution in [0.1, 0.15) is 18.0 Å². The number of benzene rings is 2. The first-order valence-electron chi connectivity index (χ1n) is 10.5. The molecular weight excluding hydrogens is 422 g/mol. The van der Waals surface area contributed by atoms with E-state index in [0.29, 0.717) is 12.2 Å². The molecule has 33 heavy (non-hydrogen) atoms. The molecule has 0 radical (unpaired) electrons. The van der Waals surface area contributed by atoms with Crippen LogP contribution in [0.3, 0.4) is 0 Å². The van der Waals surface area contributed by atoms with Crippen LogP contribution in [-0.4, -0.2) is 31.3 Å². The third kappa shape index (κ3) is 5.30. The maximum absolute atomic E-state index is 11.0. The lowest BCUT2D eigenvalue weighted by atomic mass is 10.0. The number of hydrogen-bond acceptors (Lipinski definition) is 6. The summed E-state index contributed by atoms with van der Waals surface area (Å²) in [4.78, 5) is 14.6. The first-order valence-corrected chi connectivity index (χ1v) is 10.5. The zero-order valence-corrected chi connectivity index (χ0v) is 17.7. The molecule has 8 heteroatoms. The van der Waals surface area contributed by atoms with Crippen LogP contribution in [0.15, 0.2) is 85.2 Å². The Bertz CT molecular complexity index is 1200. The van der Waals surface area contributed by atoms with E-state index in [9.17, 15) is 20.3 Å². The smallest absolute Gasteiger partial charge is 0.270 e. The van der Waals surface area contributed by atoms with E-state index in [-0.39, 0.29) is 30.1 Å². The van der Waals surface area contributed by atoms with Gasteiger partial charge in [0.15, 0.2) is 11.8 Å². The second kappa shape index (κ2) is 9.86. The van der Waals surface area contributed by atoms with Gasteiger partial charge in [0, 0.05) is 36.7 Å². The van der Waals surface area contributed by atoms with Gasteiger partial charge in [0.25, 0.3) is 5.69 Å². The predicted molar refractivity (Wildman–Crippen MR) is 123 cm³/mol. The fourth-order valence-corrected chi connectivity index (χ4v) is 3.71. The molecule has 0 amide bonds. The molecule has 2 aromatic carbocycles. The Morgan fingerprint density at radius 3 is 2.30 bits per heavy atom. The Morgan fingerprint density at radius 2 is 1.64 bits per heavy atom. The Balaban J connectivity index is 1.47. The fourth-order valence-electron chi connectivity index (χ4n) is 3.71. The van der Waals surface area contributed by atoms with Crippen LogP contribution in [0, 0.1) is 10.1 Å². The lowest BCUT2D eigenvalue weighted by Gasteiger charge is -2.21.